The van der Waals surface area contributed by atoms with Gasteiger partial charge in [-0.25, -0.2) is 4.79 Å². The second-order valence-corrected chi connectivity index (χ2v) is 5.38. The number of hydrogen-bond donors (Lipinski definition) is 2. The lowest BCUT2D eigenvalue weighted by Crippen LogP contribution is -2.37. The summed E-state index contributed by atoms with van der Waals surface area (Å²) >= 11 is 0. The molecule has 1 aromatic carbocycles. The summed E-state index contributed by atoms with van der Waals surface area (Å²) < 4.78 is 5.11. The van der Waals surface area contributed by atoms with Crippen molar-refractivity contribution in [3.63, 3.8) is 0 Å². The van der Waals surface area contributed by atoms with E-state index in [-0.39, 0.29) is 6.61 Å². The zero-order chi connectivity index (χ0) is 15.1. The molecule has 1 aliphatic rings. The molecule has 5 heteroatoms. The van der Waals surface area contributed by atoms with Crippen LogP contribution in [0.25, 0.3) is 0 Å². The van der Waals surface area contributed by atoms with E-state index in [0.29, 0.717) is 11.8 Å². The summed E-state index contributed by atoms with van der Waals surface area (Å²) in [6.45, 7) is 6.11. The minimum Gasteiger partial charge on any atom is -0.482 e. The number of carbonyl (C=O) groups is 1. The third-order valence-electron chi connectivity index (χ3n) is 3.90. The maximum absolute atomic E-state index is 10.4. The third-order valence-corrected chi connectivity index (χ3v) is 3.90. The van der Waals surface area contributed by atoms with Crippen molar-refractivity contribution >= 4 is 5.97 Å². The number of aliphatic carboxylic acids is 1. The van der Waals surface area contributed by atoms with Gasteiger partial charge in [-0.3, -0.25) is 4.90 Å². The topological polar surface area (TPSA) is 61.8 Å². The van der Waals surface area contributed by atoms with Gasteiger partial charge in [-0.05, 0) is 43.6 Å². The van der Waals surface area contributed by atoms with Gasteiger partial charge in [0.25, 0.3) is 0 Å². The van der Waals surface area contributed by atoms with E-state index in [2.05, 4.69) is 17.1 Å². The number of likely N-dealkylation sites (N-methyl/N-ethyl adjacent to an activating group) is 1. The monoisotopic (exact) mass is 292 g/mol. The Labute approximate surface area is 125 Å². The van der Waals surface area contributed by atoms with Gasteiger partial charge < -0.3 is 15.2 Å². The van der Waals surface area contributed by atoms with Crippen LogP contribution in [-0.2, 0) is 11.3 Å². The summed E-state index contributed by atoms with van der Waals surface area (Å²) in [6, 6.07) is 8.22. The molecule has 116 valence electrons. The fraction of sp³-hybridized carbons (Fsp3) is 0.562. The highest BCUT2D eigenvalue weighted by atomic mass is 16.5. The lowest BCUT2D eigenvalue weighted by atomic mass is 10.2. The van der Waals surface area contributed by atoms with Gasteiger partial charge in [0.1, 0.15) is 5.75 Å². The number of nitrogens with zero attached hydrogens (tertiary/aromatic N) is 1. The Kier molecular flexibility index (Phi) is 6.02. The Balaban J connectivity index is 1.72. The molecular formula is C16H24N2O3. The first kappa shape index (κ1) is 15.8. The molecule has 1 saturated heterocycles. The molecule has 1 aromatic rings. The Bertz CT molecular complexity index is 447. The number of carboxylic acid groups (broad SMARTS) is 1. The van der Waals surface area contributed by atoms with Crippen molar-refractivity contribution < 1.29 is 14.6 Å². The first-order valence-electron chi connectivity index (χ1n) is 7.57. The Morgan fingerprint density at radius 2 is 2.19 bits per heavy atom. The van der Waals surface area contributed by atoms with Gasteiger partial charge in [0.15, 0.2) is 6.61 Å². The lowest BCUT2D eigenvalue weighted by molar-refractivity contribution is -0.139. The highest BCUT2D eigenvalue weighted by Gasteiger charge is 2.21. The molecule has 0 saturated carbocycles. The first-order valence-corrected chi connectivity index (χ1v) is 7.57. The van der Waals surface area contributed by atoms with Gasteiger partial charge in [-0.1, -0.05) is 19.1 Å². The van der Waals surface area contributed by atoms with Crippen LogP contribution < -0.4 is 10.1 Å². The van der Waals surface area contributed by atoms with Crippen LogP contribution in [0.1, 0.15) is 25.3 Å². The molecule has 1 aliphatic heterocycles. The number of ether oxygens (including phenoxy) is 1. The van der Waals surface area contributed by atoms with E-state index in [1.807, 2.05) is 24.3 Å². The first-order chi connectivity index (χ1) is 10.2. The highest BCUT2D eigenvalue weighted by Crippen LogP contribution is 2.16. The van der Waals surface area contributed by atoms with Crippen LogP contribution >= 0.6 is 0 Å². The number of likely N-dealkylation sites (tertiary alicyclic amines) is 1. The van der Waals surface area contributed by atoms with Gasteiger partial charge >= 0.3 is 5.97 Å². The number of carboxylic acids is 1. The van der Waals surface area contributed by atoms with Gasteiger partial charge in [0, 0.05) is 19.1 Å². The van der Waals surface area contributed by atoms with Crippen molar-refractivity contribution in [3.8, 4) is 5.75 Å². The average Bonchev–Trinajstić information content (AvgIpc) is 2.94. The molecule has 0 unspecified atom stereocenters. The van der Waals surface area contributed by atoms with Crippen LogP contribution in [0.4, 0.5) is 0 Å². The SMILES string of the molecule is CCN1CCC[C@H]1CNCc1ccc(OCC(=O)O)cc1. The van der Waals surface area contributed by atoms with Crippen LogP contribution in [0, 0.1) is 0 Å². The summed E-state index contributed by atoms with van der Waals surface area (Å²) in [5, 5.41) is 12.1. The van der Waals surface area contributed by atoms with E-state index >= 15 is 0 Å². The molecule has 1 heterocycles. The maximum Gasteiger partial charge on any atom is 0.341 e. The smallest absolute Gasteiger partial charge is 0.341 e. The molecule has 0 amide bonds. The van der Waals surface area contributed by atoms with Crippen LogP contribution in [0.5, 0.6) is 5.75 Å². The quantitative estimate of drug-likeness (QED) is 0.764. The molecule has 5 nitrogen and oxygen atoms in total. The van der Waals surface area contributed by atoms with E-state index in [0.717, 1.165) is 19.6 Å². The summed E-state index contributed by atoms with van der Waals surface area (Å²) in [5.74, 6) is -0.369. The van der Waals surface area contributed by atoms with Crippen LogP contribution in [0.15, 0.2) is 24.3 Å². The molecule has 1 atom stereocenters. The van der Waals surface area contributed by atoms with Crippen molar-refractivity contribution in [2.24, 2.45) is 0 Å². The lowest BCUT2D eigenvalue weighted by Gasteiger charge is -2.23. The second-order valence-electron chi connectivity index (χ2n) is 5.38. The molecule has 0 aliphatic carbocycles. The van der Waals surface area contributed by atoms with Crippen molar-refractivity contribution in [2.75, 3.05) is 26.2 Å². The van der Waals surface area contributed by atoms with Crippen molar-refractivity contribution in [1.82, 2.24) is 10.2 Å². The molecule has 0 aromatic heterocycles. The summed E-state index contributed by atoms with van der Waals surface area (Å²) in [6.07, 6.45) is 2.58. The zero-order valence-corrected chi connectivity index (χ0v) is 12.5. The Morgan fingerprint density at radius 1 is 1.43 bits per heavy atom. The van der Waals surface area contributed by atoms with Gasteiger partial charge in [-0.15, -0.1) is 0 Å². The summed E-state index contributed by atoms with van der Waals surface area (Å²) in [7, 11) is 0. The largest absolute Gasteiger partial charge is 0.482 e. The van der Waals surface area contributed by atoms with Crippen molar-refractivity contribution in [3.05, 3.63) is 29.8 Å². The number of nitrogens with one attached hydrogen (secondary N) is 1. The van der Waals surface area contributed by atoms with E-state index in [1.165, 1.54) is 24.9 Å². The number of benzene rings is 1. The van der Waals surface area contributed by atoms with Gasteiger partial charge in [0.2, 0.25) is 0 Å². The standard InChI is InChI=1S/C16H24N2O3/c1-2-18-9-3-4-14(18)11-17-10-13-5-7-15(8-6-13)21-12-16(19)20/h5-8,14,17H,2-4,9-12H2,1H3,(H,19,20)/t14-/m0/s1. The molecule has 0 radical (unpaired) electrons. The zero-order valence-electron chi connectivity index (χ0n) is 12.5. The van der Waals surface area contributed by atoms with Gasteiger partial charge in [0.05, 0.1) is 0 Å². The normalized spacial score (nSPS) is 18.8. The highest BCUT2D eigenvalue weighted by molar-refractivity contribution is 5.68. The van der Waals surface area contributed by atoms with E-state index in [4.69, 9.17) is 9.84 Å². The van der Waals surface area contributed by atoms with Crippen molar-refractivity contribution in [1.29, 1.82) is 0 Å². The average molecular weight is 292 g/mol. The van der Waals surface area contributed by atoms with Crippen LogP contribution in [0.3, 0.4) is 0 Å². The molecular weight excluding hydrogens is 268 g/mol. The number of hydrogen-bond acceptors (Lipinski definition) is 4. The van der Waals surface area contributed by atoms with E-state index in [9.17, 15) is 4.79 Å². The minimum absolute atomic E-state index is 0.299. The summed E-state index contributed by atoms with van der Waals surface area (Å²) in [4.78, 5) is 12.9. The molecule has 0 bridgehead atoms. The molecule has 2 N–H and O–H groups in total. The van der Waals surface area contributed by atoms with E-state index < -0.39 is 5.97 Å². The third kappa shape index (κ3) is 5.02. The fourth-order valence-corrected chi connectivity index (χ4v) is 2.77. The van der Waals surface area contributed by atoms with Crippen molar-refractivity contribution in [2.45, 2.75) is 32.4 Å². The van der Waals surface area contributed by atoms with Crippen LogP contribution in [0.2, 0.25) is 0 Å². The van der Waals surface area contributed by atoms with E-state index in [1.54, 1.807) is 0 Å². The number of rotatable bonds is 8. The predicted octanol–water partition coefficient (Wildman–Crippen LogP) is 1.72. The molecule has 0 spiro atoms. The molecule has 21 heavy (non-hydrogen) atoms. The minimum atomic E-state index is -0.960. The molecule has 2 rings (SSSR count). The second kappa shape index (κ2) is 8.00. The maximum atomic E-state index is 10.4. The molecule has 1 fully saturated rings. The predicted molar refractivity (Wildman–Crippen MR) is 81.5 cm³/mol. The van der Waals surface area contributed by atoms with Crippen LogP contribution in [-0.4, -0.2) is 48.3 Å². The van der Waals surface area contributed by atoms with Gasteiger partial charge in [-0.2, -0.15) is 0 Å². The fourth-order valence-electron chi connectivity index (χ4n) is 2.77. The Morgan fingerprint density at radius 3 is 2.86 bits per heavy atom. The summed E-state index contributed by atoms with van der Waals surface area (Å²) in [5.41, 5.74) is 1.18. The Hall–Kier alpha value is -1.59.